The first-order valence-corrected chi connectivity index (χ1v) is 6.53. The third-order valence-corrected chi connectivity index (χ3v) is 3.49. The Kier molecular flexibility index (Phi) is 4.02. The van der Waals surface area contributed by atoms with Crippen LogP contribution in [0.15, 0.2) is 34.8 Å². The van der Waals surface area contributed by atoms with Crippen molar-refractivity contribution in [2.24, 2.45) is 0 Å². The normalized spacial score (nSPS) is 10.6. The first kappa shape index (κ1) is 14.2. The summed E-state index contributed by atoms with van der Waals surface area (Å²) in [5.74, 6) is -2.52. The molecule has 0 N–H and O–H groups in total. The number of benzene rings is 2. The Morgan fingerprint density at radius 2 is 1.89 bits per heavy atom. The number of rotatable bonds is 2. The lowest BCUT2D eigenvalue weighted by atomic mass is 10.00. The zero-order chi connectivity index (χ0) is 14.2. The molecule has 0 aromatic heterocycles. The predicted molar refractivity (Wildman–Crippen MR) is 73.7 cm³/mol. The summed E-state index contributed by atoms with van der Waals surface area (Å²) in [5.41, 5.74) is -0.310. The molecule has 0 saturated carbocycles. The van der Waals surface area contributed by atoms with Crippen molar-refractivity contribution in [3.63, 3.8) is 0 Å². The minimum absolute atomic E-state index is 0.0632. The van der Waals surface area contributed by atoms with E-state index in [0.717, 1.165) is 6.07 Å². The number of halogens is 4. The van der Waals surface area contributed by atoms with Gasteiger partial charge in [-0.15, -0.1) is 0 Å². The quantitative estimate of drug-likeness (QED) is 0.706. The molecule has 2 aromatic rings. The minimum Gasteiger partial charge on any atom is -0.288 e. The Hall–Kier alpha value is -1.26. The number of carbonyl (C=O) groups excluding carboxylic acids is 1. The molecule has 0 aliphatic rings. The summed E-state index contributed by atoms with van der Waals surface area (Å²) in [6, 6.07) is 6.87. The Balaban J connectivity index is 2.59. The van der Waals surface area contributed by atoms with Crippen molar-refractivity contribution in [1.29, 1.82) is 0 Å². The average Bonchev–Trinajstić information content (AvgIpc) is 2.34. The fourth-order valence-corrected chi connectivity index (χ4v) is 2.43. The molecule has 5 heteroatoms. The molecule has 0 radical (unpaired) electrons. The van der Waals surface area contributed by atoms with Crippen LogP contribution in [0.4, 0.5) is 8.78 Å². The number of hydrogen-bond acceptors (Lipinski definition) is 1. The molecule has 0 heterocycles. The molecule has 0 atom stereocenters. The first-order valence-electron chi connectivity index (χ1n) is 5.36. The van der Waals surface area contributed by atoms with E-state index in [4.69, 9.17) is 11.6 Å². The van der Waals surface area contributed by atoms with Gasteiger partial charge in [-0.05, 0) is 36.8 Å². The zero-order valence-electron chi connectivity index (χ0n) is 9.81. The molecule has 0 unspecified atom stereocenters. The van der Waals surface area contributed by atoms with Gasteiger partial charge in [0.05, 0.1) is 10.6 Å². The van der Waals surface area contributed by atoms with Crippen LogP contribution in [0.25, 0.3) is 0 Å². The number of aryl methyl sites for hydroxylation is 1. The SMILES string of the molecule is Cc1ccc(F)c(C(=O)c2ccc(Br)cc2Cl)c1F. The third kappa shape index (κ3) is 2.69. The summed E-state index contributed by atoms with van der Waals surface area (Å²) in [7, 11) is 0. The van der Waals surface area contributed by atoms with Crippen LogP contribution in [-0.4, -0.2) is 5.78 Å². The van der Waals surface area contributed by atoms with Crippen molar-refractivity contribution in [2.75, 3.05) is 0 Å². The molecule has 98 valence electrons. The van der Waals surface area contributed by atoms with Crippen LogP contribution in [0.5, 0.6) is 0 Å². The second kappa shape index (κ2) is 5.39. The molecule has 0 amide bonds. The second-order valence-electron chi connectivity index (χ2n) is 4.01. The van der Waals surface area contributed by atoms with Gasteiger partial charge in [0.1, 0.15) is 11.6 Å². The minimum atomic E-state index is -0.896. The van der Waals surface area contributed by atoms with E-state index in [1.807, 2.05) is 0 Å². The highest BCUT2D eigenvalue weighted by Crippen LogP contribution is 2.26. The van der Waals surface area contributed by atoms with E-state index < -0.39 is 23.0 Å². The Labute approximate surface area is 122 Å². The van der Waals surface area contributed by atoms with Crippen molar-refractivity contribution in [2.45, 2.75) is 6.92 Å². The molecular weight excluding hydrogens is 338 g/mol. The Morgan fingerprint density at radius 1 is 1.21 bits per heavy atom. The van der Waals surface area contributed by atoms with Crippen LogP contribution in [0.2, 0.25) is 5.02 Å². The zero-order valence-corrected chi connectivity index (χ0v) is 12.1. The van der Waals surface area contributed by atoms with E-state index in [-0.39, 0.29) is 16.1 Å². The van der Waals surface area contributed by atoms with Gasteiger partial charge in [0.25, 0.3) is 0 Å². The summed E-state index contributed by atoms with van der Waals surface area (Å²) in [4.78, 5) is 12.2. The smallest absolute Gasteiger partial charge is 0.200 e. The van der Waals surface area contributed by atoms with Gasteiger partial charge in [-0.25, -0.2) is 8.78 Å². The van der Waals surface area contributed by atoms with E-state index in [9.17, 15) is 13.6 Å². The molecular formula is C14H8BrClF2O. The lowest BCUT2D eigenvalue weighted by Gasteiger charge is -2.08. The maximum atomic E-state index is 13.9. The predicted octanol–water partition coefficient (Wildman–Crippen LogP) is 4.92. The van der Waals surface area contributed by atoms with Crippen LogP contribution >= 0.6 is 27.5 Å². The number of hydrogen-bond donors (Lipinski definition) is 0. The highest BCUT2D eigenvalue weighted by molar-refractivity contribution is 9.10. The first-order chi connectivity index (χ1) is 8.91. The van der Waals surface area contributed by atoms with Gasteiger partial charge >= 0.3 is 0 Å². The number of ketones is 1. The molecule has 19 heavy (non-hydrogen) atoms. The van der Waals surface area contributed by atoms with Gasteiger partial charge in [-0.1, -0.05) is 33.6 Å². The van der Waals surface area contributed by atoms with E-state index in [1.54, 1.807) is 6.07 Å². The summed E-state index contributed by atoms with van der Waals surface area (Å²) in [6.45, 7) is 1.47. The average molecular weight is 346 g/mol. The molecule has 0 fully saturated rings. The molecule has 2 aromatic carbocycles. The lowest BCUT2D eigenvalue weighted by molar-refractivity contribution is 0.103. The lowest BCUT2D eigenvalue weighted by Crippen LogP contribution is -2.09. The summed E-state index contributed by atoms with van der Waals surface area (Å²) in [5, 5.41) is 0.139. The van der Waals surface area contributed by atoms with Crippen LogP contribution in [0.1, 0.15) is 21.5 Å². The van der Waals surface area contributed by atoms with Crippen molar-refractivity contribution in [1.82, 2.24) is 0 Å². The highest BCUT2D eigenvalue weighted by atomic mass is 79.9. The maximum Gasteiger partial charge on any atom is 0.200 e. The maximum absolute atomic E-state index is 13.9. The van der Waals surface area contributed by atoms with Gasteiger partial charge in [-0.3, -0.25) is 4.79 Å². The van der Waals surface area contributed by atoms with E-state index in [0.29, 0.717) is 4.47 Å². The highest BCUT2D eigenvalue weighted by Gasteiger charge is 2.22. The van der Waals surface area contributed by atoms with E-state index >= 15 is 0 Å². The van der Waals surface area contributed by atoms with Gasteiger partial charge in [0.2, 0.25) is 0 Å². The van der Waals surface area contributed by atoms with Crippen LogP contribution in [0.3, 0.4) is 0 Å². The molecule has 2 rings (SSSR count). The van der Waals surface area contributed by atoms with Crippen LogP contribution < -0.4 is 0 Å². The monoisotopic (exact) mass is 344 g/mol. The second-order valence-corrected chi connectivity index (χ2v) is 5.33. The molecule has 0 spiro atoms. The fourth-order valence-electron chi connectivity index (χ4n) is 1.67. The van der Waals surface area contributed by atoms with Crippen molar-refractivity contribution >= 4 is 33.3 Å². The van der Waals surface area contributed by atoms with E-state index in [1.165, 1.54) is 25.1 Å². The van der Waals surface area contributed by atoms with Crippen molar-refractivity contribution in [3.8, 4) is 0 Å². The van der Waals surface area contributed by atoms with Crippen molar-refractivity contribution < 1.29 is 13.6 Å². The summed E-state index contributed by atoms with van der Waals surface area (Å²) in [6.07, 6.45) is 0. The summed E-state index contributed by atoms with van der Waals surface area (Å²) < 4.78 is 28.2. The standard InChI is InChI=1S/C14H8BrClF2O/c1-7-2-5-11(17)12(13(7)18)14(19)9-4-3-8(15)6-10(9)16/h2-6H,1H3. The molecule has 0 saturated heterocycles. The topological polar surface area (TPSA) is 17.1 Å². The largest absolute Gasteiger partial charge is 0.288 e. The Bertz CT molecular complexity index is 671. The van der Waals surface area contributed by atoms with Gasteiger partial charge in [-0.2, -0.15) is 0 Å². The molecule has 0 aliphatic heterocycles. The fraction of sp³-hybridized carbons (Fsp3) is 0.0714. The van der Waals surface area contributed by atoms with Crippen LogP contribution in [-0.2, 0) is 0 Å². The van der Waals surface area contributed by atoms with Gasteiger partial charge < -0.3 is 0 Å². The van der Waals surface area contributed by atoms with Crippen molar-refractivity contribution in [3.05, 3.63) is 68.2 Å². The van der Waals surface area contributed by atoms with Crippen LogP contribution in [0, 0.1) is 18.6 Å². The van der Waals surface area contributed by atoms with Gasteiger partial charge in [0.15, 0.2) is 5.78 Å². The molecule has 0 aliphatic carbocycles. The molecule has 1 nitrogen and oxygen atoms in total. The molecule has 0 bridgehead atoms. The summed E-state index contributed by atoms with van der Waals surface area (Å²) >= 11 is 9.12. The number of carbonyl (C=O) groups is 1. The van der Waals surface area contributed by atoms with E-state index in [2.05, 4.69) is 15.9 Å². The Morgan fingerprint density at radius 3 is 2.53 bits per heavy atom. The van der Waals surface area contributed by atoms with Gasteiger partial charge in [0, 0.05) is 10.0 Å². The third-order valence-electron chi connectivity index (χ3n) is 2.69.